The summed E-state index contributed by atoms with van der Waals surface area (Å²) >= 11 is 1.46. The standard InChI is InChI=1S/C18H22N4O3S/c1-24-13-8-6-7-12(15(13)25-2)14(21-9-4-3-5-10-21)16-17(23)22-18(26-16)19-11-20-22/h6-8,11,14,23H,3-5,9-10H2,1-2H3. The van der Waals surface area contributed by atoms with E-state index < -0.39 is 0 Å². The van der Waals surface area contributed by atoms with Crippen LogP contribution in [0, 0.1) is 0 Å². The summed E-state index contributed by atoms with van der Waals surface area (Å²) in [5, 5.41) is 14.9. The number of hydrogen-bond acceptors (Lipinski definition) is 7. The molecule has 1 fully saturated rings. The minimum absolute atomic E-state index is 0.131. The van der Waals surface area contributed by atoms with Crippen molar-refractivity contribution in [2.45, 2.75) is 25.3 Å². The van der Waals surface area contributed by atoms with Crippen LogP contribution in [0.4, 0.5) is 0 Å². The van der Waals surface area contributed by atoms with Gasteiger partial charge in [-0.25, -0.2) is 4.98 Å². The molecule has 0 bridgehead atoms. The zero-order valence-corrected chi connectivity index (χ0v) is 15.7. The molecule has 3 heterocycles. The molecule has 1 unspecified atom stereocenters. The molecule has 0 saturated carbocycles. The van der Waals surface area contributed by atoms with Crippen LogP contribution in [-0.2, 0) is 0 Å². The smallest absolute Gasteiger partial charge is 0.230 e. The maximum Gasteiger partial charge on any atom is 0.230 e. The lowest BCUT2D eigenvalue weighted by molar-refractivity contribution is 0.183. The number of piperidine rings is 1. The van der Waals surface area contributed by atoms with Crippen molar-refractivity contribution in [1.82, 2.24) is 19.5 Å². The Bertz CT molecular complexity index is 901. The molecule has 0 aliphatic carbocycles. The number of hydrogen-bond donors (Lipinski definition) is 1. The Morgan fingerprint density at radius 3 is 2.65 bits per heavy atom. The second-order valence-corrected chi connectivity index (χ2v) is 7.34. The van der Waals surface area contributed by atoms with Gasteiger partial charge in [0.1, 0.15) is 6.33 Å². The van der Waals surface area contributed by atoms with Gasteiger partial charge in [-0.05, 0) is 32.0 Å². The number of likely N-dealkylation sites (tertiary alicyclic amines) is 1. The van der Waals surface area contributed by atoms with Crippen molar-refractivity contribution in [2.24, 2.45) is 0 Å². The predicted octanol–water partition coefficient (Wildman–Crippen LogP) is 3.09. The molecule has 1 aliphatic heterocycles. The van der Waals surface area contributed by atoms with Gasteiger partial charge in [-0.15, -0.1) is 0 Å². The van der Waals surface area contributed by atoms with Crippen LogP contribution in [-0.4, -0.2) is 51.9 Å². The molecule has 3 aromatic rings. The summed E-state index contributed by atoms with van der Waals surface area (Å²) in [5.74, 6) is 1.53. The Labute approximate surface area is 155 Å². The Hall–Kier alpha value is -2.32. The zero-order valence-electron chi connectivity index (χ0n) is 14.9. The maximum atomic E-state index is 10.8. The van der Waals surface area contributed by atoms with Gasteiger partial charge in [0.25, 0.3) is 0 Å². The van der Waals surface area contributed by atoms with Gasteiger partial charge in [-0.2, -0.15) is 9.61 Å². The number of aromatic hydroxyl groups is 1. The highest BCUT2D eigenvalue weighted by atomic mass is 32.1. The maximum absolute atomic E-state index is 10.8. The van der Waals surface area contributed by atoms with Crippen molar-refractivity contribution < 1.29 is 14.6 Å². The van der Waals surface area contributed by atoms with Crippen LogP contribution in [0.2, 0.25) is 0 Å². The van der Waals surface area contributed by atoms with Gasteiger partial charge in [0, 0.05) is 5.56 Å². The second kappa shape index (κ2) is 7.13. The molecule has 1 N–H and O–H groups in total. The van der Waals surface area contributed by atoms with Crippen LogP contribution in [0.25, 0.3) is 4.96 Å². The number of ether oxygens (including phenoxy) is 2. The highest BCUT2D eigenvalue weighted by Crippen LogP contribution is 2.45. The van der Waals surface area contributed by atoms with Crippen LogP contribution in [0.15, 0.2) is 24.5 Å². The number of nitrogens with zero attached hydrogens (tertiary/aromatic N) is 4. The molecule has 0 radical (unpaired) electrons. The van der Waals surface area contributed by atoms with Crippen molar-refractivity contribution in [3.05, 3.63) is 35.0 Å². The topological polar surface area (TPSA) is 72.1 Å². The monoisotopic (exact) mass is 374 g/mol. The molecule has 1 aromatic carbocycles. The van der Waals surface area contributed by atoms with Crippen LogP contribution >= 0.6 is 11.3 Å². The number of benzene rings is 1. The Kier molecular flexibility index (Phi) is 4.69. The fourth-order valence-corrected chi connectivity index (χ4v) is 4.76. The van der Waals surface area contributed by atoms with Gasteiger partial charge in [0.2, 0.25) is 10.8 Å². The number of methoxy groups -OCH3 is 2. The van der Waals surface area contributed by atoms with Crippen molar-refractivity contribution >= 4 is 16.3 Å². The molecule has 4 rings (SSSR count). The summed E-state index contributed by atoms with van der Waals surface area (Å²) in [5.41, 5.74) is 0.980. The molecular formula is C18H22N4O3S. The first-order valence-electron chi connectivity index (χ1n) is 8.71. The lowest BCUT2D eigenvalue weighted by Gasteiger charge is -2.35. The third-order valence-corrected chi connectivity index (χ3v) is 5.96. The molecule has 0 spiro atoms. The molecule has 1 aliphatic rings. The summed E-state index contributed by atoms with van der Waals surface area (Å²) < 4.78 is 12.7. The van der Waals surface area contributed by atoms with Crippen molar-refractivity contribution in [3.63, 3.8) is 0 Å². The molecule has 8 heteroatoms. The molecule has 1 saturated heterocycles. The Morgan fingerprint density at radius 1 is 1.15 bits per heavy atom. The van der Waals surface area contributed by atoms with Gasteiger partial charge in [-0.1, -0.05) is 29.9 Å². The van der Waals surface area contributed by atoms with E-state index in [9.17, 15) is 5.11 Å². The van der Waals surface area contributed by atoms with E-state index in [4.69, 9.17) is 9.47 Å². The summed E-state index contributed by atoms with van der Waals surface area (Å²) in [6.07, 6.45) is 4.98. The molecule has 7 nitrogen and oxygen atoms in total. The summed E-state index contributed by atoms with van der Waals surface area (Å²) in [6.45, 7) is 1.94. The van der Waals surface area contributed by atoms with E-state index >= 15 is 0 Å². The van der Waals surface area contributed by atoms with Gasteiger partial charge >= 0.3 is 0 Å². The van der Waals surface area contributed by atoms with Crippen molar-refractivity contribution in [1.29, 1.82) is 0 Å². The highest BCUT2D eigenvalue weighted by molar-refractivity contribution is 7.17. The number of fused-ring (bicyclic) bond motifs is 1. The molecule has 2 aromatic heterocycles. The first-order valence-corrected chi connectivity index (χ1v) is 9.52. The van der Waals surface area contributed by atoms with Crippen LogP contribution < -0.4 is 9.47 Å². The molecule has 0 amide bonds. The van der Waals surface area contributed by atoms with Gasteiger partial charge in [0.05, 0.1) is 25.1 Å². The molecular weight excluding hydrogens is 352 g/mol. The lowest BCUT2D eigenvalue weighted by Crippen LogP contribution is -2.34. The molecule has 1 atom stereocenters. The van der Waals surface area contributed by atoms with E-state index in [0.717, 1.165) is 36.4 Å². The quantitative estimate of drug-likeness (QED) is 0.740. The molecule has 26 heavy (non-hydrogen) atoms. The Balaban J connectivity index is 1.89. The van der Waals surface area contributed by atoms with Gasteiger partial charge < -0.3 is 14.6 Å². The third kappa shape index (κ3) is 2.79. The van der Waals surface area contributed by atoms with Gasteiger partial charge in [-0.3, -0.25) is 4.90 Å². The molecule has 138 valence electrons. The van der Waals surface area contributed by atoms with Gasteiger partial charge in [0.15, 0.2) is 11.5 Å². The number of aromatic nitrogens is 3. The lowest BCUT2D eigenvalue weighted by atomic mass is 9.99. The number of para-hydroxylation sites is 1. The van der Waals surface area contributed by atoms with E-state index in [1.54, 1.807) is 14.2 Å². The SMILES string of the molecule is COc1cccc(C(c2sc3ncnn3c2O)N2CCCCC2)c1OC. The second-order valence-electron chi connectivity index (χ2n) is 6.33. The van der Waals surface area contributed by atoms with Crippen molar-refractivity contribution in [2.75, 3.05) is 27.3 Å². The van der Waals surface area contributed by atoms with E-state index in [0.29, 0.717) is 16.5 Å². The van der Waals surface area contributed by atoms with Crippen LogP contribution in [0.3, 0.4) is 0 Å². The first-order chi connectivity index (χ1) is 12.7. The normalized spacial score (nSPS) is 16.7. The third-order valence-electron chi connectivity index (χ3n) is 4.87. The Morgan fingerprint density at radius 2 is 1.96 bits per heavy atom. The number of rotatable bonds is 5. The minimum Gasteiger partial charge on any atom is -0.493 e. The average molecular weight is 374 g/mol. The van der Waals surface area contributed by atoms with Crippen LogP contribution in [0.1, 0.15) is 35.7 Å². The number of thiazole rings is 1. The van der Waals surface area contributed by atoms with E-state index in [2.05, 4.69) is 15.0 Å². The van der Waals surface area contributed by atoms with E-state index in [-0.39, 0.29) is 11.9 Å². The fraction of sp³-hybridized carbons (Fsp3) is 0.444. The summed E-state index contributed by atoms with van der Waals surface area (Å²) in [4.78, 5) is 8.14. The predicted molar refractivity (Wildman–Crippen MR) is 99.3 cm³/mol. The van der Waals surface area contributed by atoms with Crippen LogP contribution in [0.5, 0.6) is 17.4 Å². The highest BCUT2D eigenvalue weighted by Gasteiger charge is 2.32. The largest absolute Gasteiger partial charge is 0.493 e. The zero-order chi connectivity index (χ0) is 18.1. The minimum atomic E-state index is -0.131. The average Bonchev–Trinajstić information content (AvgIpc) is 3.26. The first kappa shape index (κ1) is 17.1. The van der Waals surface area contributed by atoms with E-state index in [1.165, 1.54) is 28.6 Å². The van der Waals surface area contributed by atoms with E-state index in [1.807, 2.05) is 18.2 Å². The summed E-state index contributed by atoms with van der Waals surface area (Å²) in [7, 11) is 3.29. The van der Waals surface area contributed by atoms with Crippen molar-refractivity contribution in [3.8, 4) is 17.4 Å². The summed E-state index contributed by atoms with van der Waals surface area (Å²) in [6, 6.07) is 5.75. The fourth-order valence-electron chi connectivity index (χ4n) is 3.68.